The Morgan fingerprint density at radius 2 is 1.38 bits per heavy atom. The summed E-state index contributed by atoms with van der Waals surface area (Å²) in [6.07, 6.45) is 3.00. The number of fused-ring (bicyclic) bond motifs is 6. The van der Waals surface area contributed by atoms with Gasteiger partial charge in [-0.2, -0.15) is 0 Å². The molecule has 12 nitrogen and oxygen atoms in total. The van der Waals surface area contributed by atoms with Gasteiger partial charge in [0.25, 0.3) is 0 Å². The van der Waals surface area contributed by atoms with Crippen molar-refractivity contribution in [3.63, 3.8) is 0 Å². The van der Waals surface area contributed by atoms with Crippen molar-refractivity contribution in [1.82, 2.24) is 14.9 Å². The molecule has 4 unspecified atom stereocenters. The lowest BCUT2D eigenvalue weighted by atomic mass is 9.71. The third kappa shape index (κ3) is 6.71. The van der Waals surface area contributed by atoms with Gasteiger partial charge in [-0.3, -0.25) is 33.2 Å². The van der Waals surface area contributed by atoms with Crippen molar-refractivity contribution in [2.24, 2.45) is 11.8 Å². The highest BCUT2D eigenvalue weighted by atomic mass is 31.2. The summed E-state index contributed by atoms with van der Waals surface area (Å²) in [5.41, 5.74) is -1.51. The number of carbonyl (C=O) groups is 3. The van der Waals surface area contributed by atoms with Gasteiger partial charge in [-0.15, -0.1) is 0 Å². The first-order valence-corrected chi connectivity index (χ1v) is 17.5. The fraction of sp³-hybridized carbons (Fsp3) is 0.719. The Bertz CT molecular complexity index is 1220. The summed E-state index contributed by atoms with van der Waals surface area (Å²) < 4.78 is 43.5. The van der Waals surface area contributed by atoms with Crippen molar-refractivity contribution in [3.05, 3.63) is 35.9 Å². The number of methoxy groups -OCH3 is 2. The van der Waals surface area contributed by atoms with E-state index in [1.165, 1.54) is 21.1 Å². The molecule has 0 aliphatic carbocycles. The first kappa shape index (κ1) is 34.3. The van der Waals surface area contributed by atoms with Gasteiger partial charge in [-0.1, -0.05) is 30.3 Å². The molecule has 1 aromatic carbocycles. The van der Waals surface area contributed by atoms with E-state index >= 15 is 0 Å². The summed E-state index contributed by atoms with van der Waals surface area (Å²) in [5.74, 6) is -0.950. The molecule has 0 aromatic heterocycles. The van der Waals surface area contributed by atoms with Crippen molar-refractivity contribution in [3.8, 4) is 0 Å². The molecule has 6 heterocycles. The first-order valence-electron chi connectivity index (χ1n) is 16.0. The molecule has 6 aliphatic rings. The van der Waals surface area contributed by atoms with Gasteiger partial charge in [0.15, 0.2) is 11.6 Å². The molecule has 0 saturated carbocycles. The Morgan fingerprint density at radius 1 is 0.889 bits per heavy atom. The van der Waals surface area contributed by atoms with E-state index in [4.69, 9.17) is 23.3 Å². The first-order chi connectivity index (χ1) is 21.5. The highest BCUT2D eigenvalue weighted by molar-refractivity contribution is 7.51. The lowest BCUT2D eigenvalue weighted by Gasteiger charge is -2.56. The van der Waals surface area contributed by atoms with Crippen LogP contribution in [0.2, 0.25) is 0 Å². The minimum Gasteiger partial charge on any atom is -0.460 e. The summed E-state index contributed by atoms with van der Waals surface area (Å²) in [6.45, 7) is 6.62. The second-order valence-electron chi connectivity index (χ2n) is 13.2. The molecule has 6 fully saturated rings. The number of hydrogen-bond donors (Lipinski definition) is 1. The van der Waals surface area contributed by atoms with Crippen LogP contribution in [-0.4, -0.2) is 110 Å². The maximum absolute atomic E-state index is 14.7. The van der Waals surface area contributed by atoms with E-state index in [2.05, 4.69) is 28.7 Å². The highest BCUT2D eigenvalue weighted by Gasteiger charge is 2.59. The Labute approximate surface area is 266 Å². The molecule has 7 rings (SSSR count). The number of nitrogens with one attached hydrogen (secondary N) is 1. The third-order valence-corrected chi connectivity index (χ3v) is 11.8. The van der Waals surface area contributed by atoms with Gasteiger partial charge in [0.2, 0.25) is 0 Å². The molecule has 0 amide bonds. The summed E-state index contributed by atoms with van der Waals surface area (Å²) in [7, 11) is -1.30. The predicted molar refractivity (Wildman–Crippen MR) is 165 cm³/mol. The minimum absolute atomic E-state index is 0.00822. The van der Waals surface area contributed by atoms with E-state index < -0.39 is 30.8 Å². The number of hydrogen-bond acceptors (Lipinski definition) is 11. The Morgan fingerprint density at radius 3 is 1.82 bits per heavy atom. The van der Waals surface area contributed by atoms with Crippen LogP contribution in [0.3, 0.4) is 0 Å². The molecule has 10 atom stereocenters. The van der Waals surface area contributed by atoms with Crippen molar-refractivity contribution >= 4 is 25.3 Å². The summed E-state index contributed by atoms with van der Waals surface area (Å²) in [4.78, 5) is 44.6. The van der Waals surface area contributed by atoms with Gasteiger partial charge in [0.05, 0.1) is 26.4 Å². The van der Waals surface area contributed by atoms with E-state index in [0.717, 1.165) is 31.2 Å². The van der Waals surface area contributed by atoms with E-state index in [9.17, 15) is 18.9 Å². The zero-order valence-corrected chi connectivity index (χ0v) is 28.0. The normalized spacial score (nSPS) is 36.1. The van der Waals surface area contributed by atoms with Gasteiger partial charge in [-0.05, 0) is 52.0 Å². The largest absolute Gasteiger partial charge is 0.460 e. The van der Waals surface area contributed by atoms with Gasteiger partial charge in [-0.25, -0.2) is 9.65 Å². The number of ketones is 2. The van der Waals surface area contributed by atoms with Crippen LogP contribution in [0.5, 0.6) is 0 Å². The Kier molecular flexibility index (Phi) is 10.7. The average Bonchev–Trinajstić information content (AvgIpc) is 3.03. The van der Waals surface area contributed by atoms with Crippen LogP contribution in [0.1, 0.15) is 52.0 Å². The zero-order valence-electron chi connectivity index (χ0n) is 27.1. The van der Waals surface area contributed by atoms with Crippen LogP contribution in [0.15, 0.2) is 30.3 Å². The Hall–Kier alpha value is -2.02. The van der Waals surface area contributed by atoms with E-state index in [1.54, 1.807) is 0 Å². The molecule has 6 aliphatic heterocycles. The molecule has 250 valence electrons. The minimum atomic E-state index is -4.35. The monoisotopic (exact) mass is 649 g/mol. The zero-order chi connectivity index (χ0) is 32.4. The smallest absolute Gasteiger partial charge is 0.406 e. The molecule has 0 radical (unpaired) electrons. The molecule has 4 bridgehead atoms. The number of esters is 1. The van der Waals surface area contributed by atoms with Crippen LogP contribution < -0.4 is 5.09 Å². The SMILES string of the molecule is COC[C@@]1(COP(=O)(N[C@@H](C)C(=O)OCc2ccccc2)OC[C@]2(COC)C(=O)[C@@H]3CCN2[C@@H](C)C3)C(=O)C2CCN1[C@@H](C)C2. The standard InChI is InChI=1S/C32H48N3O9P/c1-22-15-26-11-13-34(22)31(18-40-4,28(26)36)20-43-45(39,33-24(3)30(38)42-17-25-9-7-6-8-10-25)44-21-32(19-41-5)29(37)27-12-14-35(32)23(2)16-27/h6-10,22-24,26-27H,11-21H2,1-5H3,(H,33,39)/t22-,23-,24-,26+,27?,31+,32+,45?/m0/s1. The molecule has 1 aromatic rings. The highest BCUT2D eigenvalue weighted by Crippen LogP contribution is 2.50. The second-order valence-corrected chi connectivity index (χ2v) is 14.9. The van der Waals surface area contributed by atoms with Crippen LogP contribution in [-0.2, 0) is 48.8 Å². The van der Waals surface area contributed by atoms with E-state index in [1.807, 2.05) is 30.3 Å². The number of benzene rings is 1. The van der Waals surface area contributed by atoms with E-state index in [0.29, 0.717) is 13.1 Å². The Balaban J connectivity index is 1.38. The predicted octanol–water partition coefficient (Wildman–Crippen LogP) is 2.99. The summed E-state index contributed by atoms with van der Waals surface area (Å²) in [5, 5.41) is 2.76. The van der Waals surface area contributed by atoms with E-state index in [-0.39, 0.29) is 68.5 Å². The molecular formula is C32H48N3O9P. The number of rotatable bonds is 15. The van der Waals surface area contributed by atoms with Crippen LogP contribution in [0, 0.1) is 11.8 Å². The maximum atomic E-state index is 14.7. The molecule has 13 heteroatoms. The average molecular weight is 650 g/mol. The fourth-order valence-corrected chi connectivity index (χ4v) is 9.52. The molecule has 45 heavy (non-hydrogen) atoms. The quantitative estimate of drug-likeness (QED) is 0.221. The molecule has 0 spiro atoms. The number of carbonyl (C=O) groups excluding carboxylic acids is 3. The number of ether oxygens (including phenoxy) is 3. The van der Waals surface area contributed by atoms with Gasteiger partial charge < -0.3 is 14.2 Å². The molecule has 1 N–H and O–H groups in total. The van der Waals surface area contributed by atoms with Crippen molar-refractivity contribution < 1.29 is 42.2 Å². The van der Waals surface area contributed by atoms with Gasteiger partial charge in [0.1, 0.15) is 23.7 Å². The van der Waals surface area contributed by atoms with Gasteiger partial charge in [0, 0.05) is 51.2 Å². The van der Waals surface area contributed by atoms with Crippen LogP contribution in [0.4, 0.5) is 0 Å². The summed E-state index contributed by atoms with van der Waals surface area (Å²) in [6, 6.07) is 8.36. The molecular weight excluding hydrogens is 601 g/mol. The lowest BCUT2D eigenvalue weighted by molar-refractivity contribution is -0.165. The van der Waals surface area contributed by atoms with Crippen molar-refractivity contribution in [2.45, 2.75) is 82.3 Å². The third-order valence-electron chi connectivity index (χ3n) is 10.2. The van der Waals surface area contributed by atoms with Crippen molar-refractivity contribution in [2.75, 3.05) is 53.7 Å². The van der Waals surface area contributed by atoms with Crippen LogP contribution >= 0.6 is 7.75 Å². The maximum Gasteiger partial charge on any atom is 0.406 e. The fourth-order valence-electron chi connectivity index (χ4n) is 7.95. The topological polar surface area (TPSA) is 133 Å². The molecule has 6 saturated heterocycles. The lowest BCUT2D eigenvalue weighted by Crippen LogP contribution is -2.72. The van der Waals surface area contributed by atoms with Crippen LogP contribution in [0.25, 0.3) is 0 Å². The van der Waals surface area contributed by atoms with Crippen molar-refractivity contribution in [1.29, 1.82) is 0 Å². The summed E-state index contributed by atoms with van der Waals surface area (Å²) >= 11 is 0. The second kappa shape index (κ2) is 14.0. The van der Waals surface area contributed by atoms with Gasteiger partial charge >= 0.3 is 13.7 Å². The number of nitrogens with zero attached hydrogens (tertiary/aromatic N) is 2. The number of Topliss-reactive ketones (excluding diaryl/α,β-unsaturated/α-hetero) is 2. The number of piperidine rings is 6.